The van der Waals surface area contributed by atoms with Gasteiger partial charge in [-0.15, -0.1) is 0 Å². The van der Waals surface area contributed by atoms with E-state index < -0.39 is 0 Å². The predicted octanol–water partition coefficient (Wildman–Crippen LogP) is 1.84. The van der Waals surface area contributed by atoms with Gasteiger partial charge in [0.25, 0.3) is 0 Å². The molecule has 0 aliphatic heterocycles. The number of hydrogen-bond acceptors (Lipinski definition) is 2. The Kier molecular flexibility index (Phi) is 3.34. The lowest BCUT2D eigenvalue weighted by Gasteiger charge is -2.33. The Hall–Kier alpha value is -0.0800. The second-order valence-corrected chi connectivity index (χ2v) is 3.34. The van der Waals surface area contributed by atoms with Gasteiger partial charge in [0, 0.05) is 20.1 Å². The molecule has 1 aliphatic rings. The minimum atomic E-state index is 0.411. The summed E-state index contributed by atoms with van der Waals surface area (Å²) in [6.45, 7) is 2.21. The van der Waals surface area contributed by atoms with Crippen LogP contribution in [-0.2, 0) is 9.47 Å². The van der Waals surface area contributed by atoms with Crippen LogP contribution in [0.1, 0.15) is 26.2 Å². The number of rotatable bonds is 2. The molecule has 11 heavy (non-hydrogen) atoms. The zero-order chi connectivity index (χ0) is 8.27. The van der Waals surface area contributed by atoms with Crippen molar-refractivity contribution in [3.05, 3.63) is 0 Å². The fourth-order valence-corrected chi connectivity index (χ4v) is 1.95. The van der Waals surface area contributed by atoms with Crippen molar-refractivity contribution in [1.82, 2.24) is 0 Å². The molecule has 0 aromatic heterocycles. The topological polar surface area (TPSA) is 18.5 Å². The lowest BCUT2D eigenvalue weighted by molar-refractivity contribution is -0.0556. The Balaban J connectivity index is 2.45. The summed E-state index contributed by atoms with van der Waals surface area (Å²) in [7, 11) is 3.58. The van der Waals surface area contributed by atoms with Crippen LogP contribution in [0.15, 0.2) is 0 Å². The summed E-state index contributed by atoms with van der Waals surface area (Å²) in [6, 6.07) is 0. The van der Waals surface area contributed by atoms with Gasteiger partial charge in [-0.2, -0.15) is 0 Å². The summed E-state index contributed by atoms with van der Waals surface area (Å²) in [5, 5.41) is 0. The highest BCUT2D eigenvalue weighted by molar-refractivity contribution is 4.80. The van der Waals surface area contributed by atoms with Gasteiger partial charge in [-0.1, -0.05) is 6.92 Å². The minimum absolute atomic E-state index is 0.411. The first-order chi connectivity index (χ1) is 5.29. The smallest absolute Gasteiger partial charge is 0.0621 e. The van der Waals surface area contributed by atoms with E-state index in [1.165, 1.54) is 19.3 Å². The summed E-state index contributed by atoms with van der Waals surface area (Å²) in [4.78, 5) is 0. The van der Waals surface area contributed by atoms with Crippen LogP contribution in [0.25, 0.3) is 0 Å². The van der Waals surface area contributed by atoms with E-state index in [1.807, 2.05) is 0 Å². The molecule has 0 bridgehead atoms. The van der Waals surface area contributed by atoms with Gasteiger partial charge < -0.3 is 9.47 Å². The molecule has 0 heterocycles. The van der Waals surface area contributed by atoms with Crippen molar-refractivity contribution in [2.24, 2.45) is 5.92 Å². The quantitative estimate of drug-likeness (QED) is 0.610. The zero-order valence-corrected chi connectivity index (χ0v) is 7.67. The van der Waals surface area contributed by atoms with Gasteiger partial charge in [0.1, 0.15) is 0 Å². The van der Waals surface area contributed by atoms with E-state index in [9.17, 15) is 0 Å². The lowest BCUT2D eigenvalue weighted by atomic mass is 9.85. The Morgan fingerprint density at radius 2 is 1.45 bits per heavy atom. The Morgan fingerprint density at radius 3 is 1.82 bits per heavy atom. The summed E-state index contributed by atoms with van der Waals surface area (Å²) in [5.74, 6) is 0.554. The summed E-state index contributed by atoms with van der Waals surface area (Å²) in [6.07, 6.45) is 4.44. The molecule has 0 amide bonds. The third kappa shape index (κ3) is 1.94. The number of ether oxygens (including phenoxy) is 2. The van der Waals surface area contributed by atoms with E-state index >= 15 is 0 Å². The molecule has 0 aromatic carbocycles. The third-order valence-electron chi connectivity index (χ3n) is 2.76. The molecule has 2 heteroatoms. The molecule has 0 aromatic rings. The highest BCUT2D eigenvalue weighted by atomic mass is 16.5. The first-order valence-electron chi connectivity index (χ1n) is 4.35. The van der Waals surface area contributed by atoms with Crippen LogP contribution in [0.3, 0.4) is 0 Å². The van der Waals surface area contributed by atoms with Crippen molar-refractivity contribution in [3.63, 3.8) is 0 Å². The molecule has 0 spiro atoms. The van der Waals surface area contributed by atoms with Crippen LogP contribution in [0.2, 0.25) is 0 Å². The van der Waals surface area contributed by atoms with Gasteiger partial charge >= 0.3 is 0 Å². The Labute approximate surface area is 68.9 Å². The molecule has 0 saturated heterocycles. The maximum atomic E-state index is 5.36. The highest BCUT2D eigenvalue weighted by Crippen LogP contribution is 2.28. The van der Waals surface area contributed by atoms with Gasteiger partial charge in [-0.3, -0.25) is 0 Å². The summed E-state index contributed by atoms with van der Waals surface area (Å²) >= 11 is 0. The molecule has 1 fully saturated rings. The van der Waals surface area contributed by atoms with Crippen molar-refractivity contribution >= 4 is 0 Å². The van der Waals surface area contributed by atoms with Crippen molar-refractivity contribution < 1.29 is 9.47 Å². The molecule has 2 atom stereocenters. The monoisotopic (exact) mass is 158 g/mol. The van der Waals surface area contributed by atoms with Gasteiger partial charge in [0.2, 0.25) is 0 Å². The molecule has 1 saturated carbocycles. The fraction of sp³-hybridized carbons (Fsp3) is 1.00. The van der Waals surface area contributed by atoms with E-state index in [1.54, 1.807) is 14.2 Å². The third-order valence-corrected chi connectivity index (χ3v) is 2.76. The maximum absolute atomic E-state index is 5.36. The van der Waals surface area contributed by atoms with Crippen LogP contribution < -0.4 is 0 Å². The molecule has 66 valence electrons. The molecule has 0 N–H and O–H groups in total. The number of methoxy groups -OCH3 is 2. The molecular formula is C9H18O2. The Bertz CT molecular complexity index is 102. The zero-order valence-electron chi connectivity index (χ0n) is 7.67. The minimum Gasteiger partial charge on any atom is -0.381 e. The standard InChI is InChI=1S/C9H18O2/c1-7-8(10-2)5-4-6-9(7)11-3/h7-9H,4-6H2,1-3H3. The van der Waals surface area contributed by atoms with Crippen molar-refractivity contribution in [3.8, 4) is 0 Å². The van der Waals surface area contributed by atoms with Crippen LogP contribution in [-0.4, -0.2) is 26.4 Å². The molecule has 0 radical (unpaired) electrons. The lowest BCUT2D eigenvalue weighted by Crippen LogP contribution is -2.36. The molecule has 1 rings (SSSR count). The van der Waals surface area contributed by atoms with Crippen molar-refractivity contribution in [2.45, 2.75) is 38.4 Å². The van der Waals surface area contributed by atoms with Gasteiger partial charge in [0.15, 0.2) is 0 Å². The average molecular weight is 158 g/mol. The first kappa shape index (κ1) is 9.01. The largest absolute Gasteiger partial charge is 0.381 e. The van der Waals surface area contributed by atoms with Gasteiger partial charge in [-0.05, 0) is 19.3 Å². The van der Waals surface area contributed by atoms with Crippen LogP contribution >= 0.6 is 0 Å². The number of hydrogen-bond donors (Lipinski definition) is 0. The van der Waals surface area contributed by atoms with E-state index in [0.29, 0.717) is 18.1 Å². The van der Waals surface area contributed by atoms with E-state index in [2.05, 4.69) is 6.92 Å². The molecule has 1 aliphatic carbocycles. The van der Waals surface area contributed by atoms with E-state index in [4.69, 9.17) is 9.47 Å². The fourth-order valence-electron chi connectivity index (χ4n) is 1.95. The summed E-state index contributed by atoms with van der Waals surface area (Å²) in [5.41, 5.74) is 0. The van der Waals surface area contributed by atoms with Crippen LogP contribution in [0.4, 0.5) is 0 Å². The average Bonchev–Trinajstić information content (AvgIpc) is 2.05. The first-order valence-corrected chi connectivity index (χ1v) is 4.35. The van der Waals surface area contributed by atoms with Crippen molar-refractivity contribution in [2.75, 3.05) is 14.2 Å². The SMILES string of the molecule is COC1CCCC(OC)C1C. The molecule has 2 unspecified atom stereocenters. The van der Waals surface area contributed by atoms with Crippen molar-refractivity contribution in [1.29, 1.82) is 0 Å². The van der Waals surface area contributed by atoms with Crippen LogP contribution in [0, 0.1) is 5.92 Å². The molecule has 2 nitrogen and oxygen atoms in total. The van der Waals surface area contributed by atoms with Gasteiger partial charge in [0.05, 0.1) is 12.2 Å². The summed E-state index contributed by atoms with van der Waals surface area (Å²) < 4.78 is 10.7. The second kappa shape index (κ2) is 4.07. The second-order valence-electron chi connectivity index (χ2n) is 3.34. The predicted molar refractivity (Wildman–Crippen MR) is 44.6 cm³/mol. The van der Waals surface area contributed by atoms with E-state index in [-0.39, 0.29) is 0 Å². The normalized spacial score (nSPS) is 39.0. The highest BCUT2D eigenvalue weighted by Gasteiger charge is 2.29. The maximum Gasteiger partial charge on any atom is 0.0621 e. The Morgan fingerprint density at radius 1 is 1.00 bits per heavy atom. The van der Waals surface area contributed by atoms with Gasteiger partial charge in [-0.25, -0.2) is 0 Å². The van der Waals surface area contributed by atoms with Crippen LogP contribution in [0.5, 0.6) is 0 Å². The molecular weight excluding hydrogens is 140 g/mol. The van der Waals surface area contributed by atoms with E-state index in [0.717, 1.165) is 0 Å².